The smallest absolute Gasteiger partial charge is 0.189 e. The Morgan fingerprint density at radius 2 is 1.83 bits per heavy atom. The van der Waals surface area contributed by atoms with E-state index in [1.807, 2.05) is 31.2 Å². The Bertz CT molecular complexity index is 1150. The molecule has 1 aliphatic heterocycles. The summed E-state index contributed by atoms with van der Waals surface area (Å²) in [5.41, 5.74) is 4.29. The van der Waals surface area contributed by atoms with Crippen molar-refractivity contribution >= 4 is 32.5 Å². The Kier molecular flexibility index (Phi) is 5.40. The minimum absolute atomic E-state index is 0.729. The number of aryl methyl sites for hydroxylation is 1. The zero-order valence-electron chi connectivity index (χ0n) is 16.8. The van der Waals surface area contributed by atoms with Crippen molar-refractivity contribution < 1.29 is 4.74 Å². The first-order valence-electron chi connectivity index (χ1n) is 10.1. The predicted octanol–water partition coefficient (Wildman–Crippen LogP) is 4.64. The van der Waals surface area contributed by atoms with Gasteiger partial charge in [-0.1, -0.05) is 47.7 Å². The van der Waals surface area contributed by atoms with E-state index in [0.29, 0.717) is 0 Å². The number of nitrogens with one attached hydrogen (secondary N) is 1. The lowest BCUT2D eigenvalue weighted by molar-refractivity contribution is 0.0342. The van der Waals surface area contributed by atoms with Gasteiger partial charge in [-0.15, -0.1) is 0 Å². The first-order chi connectivity index (χ1) is 14.7. The number of fused-ring (bicyclic) bond motifs is 1. The molecule has 6 nitrogen and oxygen atoms in total. The van der Waals surface area contributed by atoms with Crippen LogP contribution in [0.3, 0.4) is 0 Å². The van der Waals surface area contributed by atoms with Gasteiger partial charge >= 0.3 is 0 Å². The predicted molar refractivity (Wildman–Crippen MR) is 121 cm³/mol. The molecule has 1 aliphatic rings. The molecule has 0 radical (unpaired) electrons. The van der Waals surface area contributed by atoms with Gasteiger partial charge in [-0.05, 0) is 24.6 Å². The molecule has 4 aromatic rings. The summed E-state index contributed by atoms with van der Waals surface area (Å²) < 4.78 is 6.62. The maximum absolute atomic E-state index is 5.44. The molecule has 0 amide bonds. The summed E-state index contributed by atoms with van der Waals surface area (Å²) in [6, 6.07) is 18.6. The molecule has 1 N–H and O–H groups in total. The van der Waals surface area contributed by atoms with Crippen molar-refractivity contribution in [2.45, 2.75) is 13.5 Å². The number of benzene rings is 2. The van der Waals surface area contributed by atoms with Crippen LogP contribution in [0.2, 0.25) is 0 Å². The normalized spacial score (nSPS) is 14.8. The fraction of sp³-hybridized carbons (Fsp3) is 0.261. The molecular weight excluding hydrogens is 394 g/mol. The van der Waals surface area contributed by atoms with E-state index < -0.39 is 0 Å². The molecule has 0 unspecified atom stereocenters. The highest BCUT2D eigenvalue weighted by atomic mass is 32.1. The number of hydrogen-bond donors (Lipinski definition) is 1. The fourth-order valence-electron chi connectivity index (χ4n) is 3.64. The summed E-state index contributed by atoms with van der Waals surface area (Å²) in [6.45, 7) is 6.48. The Morgan fingerprint density at radius 3 is 2.67 bits per heavy atom. The first-order valence-corrected chi connectivity index (χ1v) is 10.9. The topological polar surface area (TPSA) is 63.2 Å². The van der Waals surface area contributed by atoms with Crippen LogP contribution in [0.25, 0.3) is 21.5 Å². The van der Waals surface area contributed by atoms with Gasteiger partial charge in [0.05, 0.1) is 29.1 Å². The van der Waals surface area contributed by atoms with Gasteiger partial charge in [-0.2, -0.15) is 0 Å². The minimum atomic E-state index is 0.729. The van der Waals surface area contributed by atoms with Crippen LogP contribution in [0.15, 0.2) is 54.6 Å². The van der Waals surface area contributed by atoms with Gasteiger partial charge < -0.3 is 10.1 Å². The summed E-state index contributed by atoms with van der Waals surface area (Å²) in [7, 11) is 0. The molecule has 0 saturated carbocycles. The number of morpholine rings is 1. The lowest BCUT2D eigenvalue weighted by atomic mass is 10.1. The SMILES string of the molecule is Cc1nc(Nc2nc3ccc(CN4CCOCC4)cc3s2)cc(-c2ccccc2)n1. The molecule has 30 heavy (non-hydrogen) atoms. The third-order valence-electron chi connectivity index (χ3n) is 5.11. The van der Waals surface area contributed by atoms with Crippen LogP contribution in [-0.2, 0) is 11.3 Å². The maximum Gasteiger partial charge on any atom is 0.189 e. The summed E-state index contributed by atoms with van der Waals surface area (Å²) in [5.74, 6) is 1.49. The molecule has 2 aromatic heterocycles. The Hall–Kier alpha value is -2.87. The standard InChI is InChI=1S/C23H23N5OS/c1-16-24-20(18-5-3-2-4-6-18)14-22(25-16)27-23-26-19-8-7-17(13-21(19)30-23)15-28-9-11-29-12-10-28/h2-8,13-14H,9-12,15H2,1H3,(H,24,25,26,27). The molecule has 7 heteroatoms. The fourth-order valence-corrected chi connectivity index (χ4v) is 4.57. The van der Waals surface area contributed by atoms with E-state index in [4.69, 9.17) is 9.72 Å². The molecule has 3 heterocycles. The number of hydrogen-bond acceptors (Lipinski definition) is 7. The first kappa shape index (κ1) is 19.1. The van der Waals surface area contributed by atoms with E-state index in [2.05, 4.69) is 50.5 Å². The van der Waals surface area contributed by atoms with Crippen molar-refractivity contribution in [3.05, 3.63) is 66.0 Å². The largest absolute Gasteiger partial charge is 0.379 e. The molecule has 5 rings (SSSR count). The third-order valence-corrected chi connectivity index (χ3v) is 6.04. The molecule has 0 atom stereocenters. The van der Waals surface area contributed by atoms with Crippen molar-refractivity contribution in [2.75, 3.05) is 31.6 Å². The monoisotopic (exact) mass is 417 g/mol. The zero-order valence-corrected chi connectivity index (χ0v) is 17.7. The van der Waals surface area contributed by atoms with E-state index in [0.717, 1.165) is 66.4 Å². The lowest BCUT2D eigenvalue weighted by Crippen LogP contribution is -2.35. The van der Waals surface area contributed by atoms with E-state index in [9.17, 15) is 0 Å². The maximum atomic E-state index is 5.44. The summed E-state index contributed by atoms with van der Waals surface area (Å²) in [5, 5.41) is 4.21. The molecular formula is C23H23N5OS. The summed E-state index contributed by atoms with van der Waals surface area (Å²) in [6.07, 6.45) is 0. The summed E-state index contributed by atoms with van der Waals surface area (Å²) in [4.78, 5) is 16.3. The number of thiazole rings is 1. The van der Waals surface area contributed by atoms with Crippen LogP contribution in [0.5, 0.6) is 0 Å². The van der Waals surface area contributed by atoms with Crippen LogP contribution in [0.1, 0.15) is 11.4 Å². The van der Waals surface area contributed by atoms with Crippen LogP contribution < -0.4 is 5.32 Å². The molecule has 0 spiro atoms. The zero-order chi connectivity index (χ0) is 20.3. The quantitative estimate of drug-likeness (QED) is 0.510. The van der Waals surface area contributed by atoms with Crippen molar-refractivity contribution in [3.8, 4) is 11.3 Å². The van der Waals surface area contributed by atoms with Gasteiger partial charge in [0.1, 0.15) is 11.6 Å². The second kappa shape index (κ2) is 8.47. The highest BCUT2D eigenvalue weighted by Crippen LogP contribution is 2.30. The summed E-state index contributed by atoms with van der Waals surface area (Å²) >= 11 is 1.65. The van der Waals surface area contributed by atoms with Crippen LogP contribution in [-0.4, -0.2) is 46.2 Å². The second-order valence-electron chi connectivity index (χ2n) is 7.39. The average molecular weight is 418 g/mol. The highest BCUT2D eigenvalue weighted by Gasteiger charge is 2.12. The number of rotatable bonds is 5. The molecule has 2 aromatic carbocycles. The van der Waals surface area contributed by atoms with Crippen LogP contribution in [0.4, 0.5) is 10.9 Å². The number of anilines is 2. The van der Waals surface area contributed by atoms with Crippen molar-refractivity contribution in [2.24, 2.45) is 0 Å². The van der Waals surface area contributed by atoms with E-state index in [1.54, 1.807) is 11.3 Å². The van der Waals surface area contributed by atoms with Gasteiger partial charge in [0.25, 0.3) is 0 Å². The van der Waals surface area contributed by atoms with E-state index >= 15 is 0 Å². The number of ether oxygens (including phenoxy) is 1. The van der Waals surface area contributed by atoms with Crippen molar-refractivity contribution in [3.63, 3.8) is 0 Å². The Morgan fingerprint density at radius 1 is 1.00 bits per heavy atom. The van der Waals surface area contributed by atoms with Crippen LogP contribution >= 0.6 is 11.3 Å². The average Bonchev–Trinajstić information content (AvgIpc) is 3.16. The molecule has 0 aliphatic carbocycles. The lowest BCUT2D eigenvalue weighted by Gasteiger charge is -2.26. The van der Waals surface area contributed by atoms with Gasteiger partial charge in [-0.25, -0.2) is 15.0 Å². The highest BCUT2D eigenvalue weighted by molar-refractivity contribution is 7.22. The van der Waals surface area contributed by atoms with Crippen LogP contribution in [0, 0.1) is 6.92 Å². The van der Waals surface area contributed by atoms with E-state index in [-0.39, 0.29) is 0 Å². The number of nitrogens with zero attached hydrogens (tertiary/aromatic N) is 4. The number of aromatic nitrogens is 3. The Labute approximate surface area is 179 Å². The van der Waals surface area contributed by atoms with Gasteiger partial charge in [0.15, 0.2) is 5.13 Å². The molecule has 0 bridgehead atoms. The second-order valence-corrected chi connectivity index (χ2v) is 8.42. The molecule has 1 saturated heterocycles. The van der Waals surface area contributed by atoms with Crippen molar-refractivity contribution in [1.29, 1.82) is 0 Å². The van der Waals surface area contributed by atoms with Gasteiger partial charge in [0.2, 0.25) is 0 Å². The minimum Gasteiger partial charge on any atom is -0.379 e. The Balaban J connectivity index is 1.37. The molecule has 1 fully saturated rings. The molecule has 152 valence electrons. The van der Waals surface area contributed by atoms with Gasteiger partial charge in [0, 0.05) is 31.3 Å². The van der Waals surface area contributed by atoms with Gasteiger partial charge in [-0.3, -0.25) is 4.90 Å². The third kappa shape index (κ3) is 4.33. The van der Waals surface area contributed by atoms with Crippen molar-refractivity contribution in [1.82, 2.24) is 19.9 Å². The van der Waals surface area contributed by atoms with E-state index in [1.165, 1.54) is 10.3 Å².